The number of carbonyl (C=O) groups excluding carboxylic acids is 2. The van der Waals surface area contributed by atoms with Gasteiger partial charge in [-0.2, -0.15) is 0 Å². The van der Waals surface area contributed by atoms with Gasteiger partial charge in [-0.3, -0.25) is 9.59 Å². The average molecular weight is 597 g/mol. The van der Waals surface area contributed by atoms with Crippen LogP contribution in [-0.2, 0) is 14.8 Å². The fourth-order valence-electron chi connectivity index (χ4n) is 3.10. The highest BCUT2D eigenvalue weighted by atomic mass is 35.5. The number of thiophene rings is 1. The summed E-state index contributed by atoms with van der Waals surface area (Å²) in [5, 5.41) is 6.52. The van der Waals surface area contributed by atoms with E-state index in [0.29, 0.717) is 22.7 Å². The third kappa shape index (κ3) is 7.69. The number of alkyl halides is 2. The Morgan fingerprint density at radius 1 is 0.971 bits per heavy atom. The molecule has 7 nitrogen and oxygen atoms in total. The Morgan fingerprint density at radius 3 is 2.37 bits per heavy atom. The molecule has 0 saturated carbocycles. The quantitative estimate of drug-likeness (QED) is 0.214. The van der Waals surface area contributed by atoms with Crippen LogP contribution in [0.5, 0.6) is 0 Å². The monoisotopic (exact) mass is 595 g/mol. The Morgan fingerprint density at radius 2 is 1.69 bits per heavy atom. The number of carbonyl (C=O) groups is 2. The predicted octanol–water partition coefficient (Wildman–Crippen LogP) is 4.99. The molecule has 3 rings (SSSR count). The molecule has 0 fully saturated rings. The first kappa shape index (κ1) is 28.0. The normalized spacial score (nSPS) is 12.6. The van der Waals surface area contributed by atoms with E-state index < -0.39 is 32.7 Å². The number of unbranched alkanes of at least 4 members (excludes halogenated alkanes) is 1. The van der Waals surface area contributed by atoms with Crippen LogP contribution < -0.4 is 15.4 Å². The second kappa shape index (κ2) is 12.6. The highest BCUT2D eigenvalue weighted by Gasteiger charge is 2.28. The van der Waals surface area contributed by atoms with Crippen LogP contribution in [0.3, 0.4) is 0 Å². The highest BCUT2D eigenvalue weighted by Crippen LogP contribution is 2.26. The number of halogens is 4. The summed E-state index contributed by atoms with van der Waals surface area (Å²) in [6.45, 7) is 0.370. The summed E-state index contributed by atoms with van der Waals surface area (Å²) in [5.41, 5.74) is 0. The van der Waals surface area contributed by atoms with Gasteiger partial charge in [-0.05, 0) is 48.6 Å². The van der Waals surface area contributed by atoms with Crippen LogP contribution in [-0.4, -0.2) is 44.2 Å². The summed E-state index contributed by atoms with van der Waals surface area (Å²) in [6, 6.07) is 12.2. The minimum atomic E-state index is -3.79. The van der Waals surface area contributed by atoms with Gasteiger partial charge in [-0.1, -0.05) is 41.4 Å². The molecule has 2 aromatic carbocycles. The zero-order chi connectivity index (χ0) is 25.6. The SMILES string of the molecule is O=C(NC(C(=O)NCCCCNS(=O)(=O)c1ccc(Cl)cc1Cl)C(Cl)Cl)c1cc2ccccc2s1. The number of benzene rings is 2. The number of hydrogen-bond donors (Lipinski definition) is 3. The maximum absolute atomic E-state index is 12.6. The van der Waals surface area contributed by atoms with Crippen molar-refractivity contribution >= 4 is 89.7 Å². The molecule has 3 N–H and O–H groups in total. The molecule has 0 aliphatic carbocycles. The molecule has 1 aromatic heterocycles. The maximum atomic E-state index is 12.6. The van der Waals surface area contributed by atoms with Crippen LogP contribution in [0.25, 0.3) is 10.1 Å². The molecule has 2 amide bonds. The Bertz CT molecular complexity index is 1280. The molecular formula is C22H21Cl4N3O4S2. The van der Waals surface area contributed by atoms with Crippen molar-refractivity contribution in [1.29, 1.82) is 0 Å². The van der Waals surface area contributed by atoms with Crippen LogP contribution in [0.1, 0.15) is 22.5 Å². The summed E-state index contributed by atoms with van der Waals surface area (Å²) in [7, 11) is -3.79. The lowest BCUT2D eigenvalue weighted by Gasteiger charge is -2.19. The maximum Gasteiger partial charge on any atom is 0.262 e. The van der Waals surface area contributed by atoms with Crippen molar-refractivity contribution in [2.45, 2.75) is 28.6 Å². The average Bonchev–Trinajstić information content (AvgIpc) is 3.23. The molecule has 1 heterocycles. The van der Waals surface area contributed by atoms with Crippen molar-refractivity contribution in [1.82, 2.24) is 15.4 Å². The van der Waals surface area contributed by atoms with Crippen LogP contribution in [0.15, 0.2) is 53.4 Å². The smallest absolute Gasteiger partial charge is 0.262 e. The van der Waals surface area contributed by atoms with Crippen molar-refractivity contribution in [3.8, 4) is 0 Å². The second-order valence-electron chi connectivity index (χ2n) is 7.40. The lowest BCUT2D eigenvalue weighted by Crippen LogP contribution is -2.50. The molecule has 188 valence electrons. The van der Waals surface area contributed by atoms with Crippen LogP contribution in [0.4, 0.5) is 0 Å². The van der Waals surface area contributed by atoms with Gasteiger partial charge >= 0.3 is 0 Å². The first-order valence-electron chi connectivity index (χ1n) is 10.4. The molecule has 35 heavy (non-hydrogen) atoms. The van der Waals surface area contributed by atoms with E-state index in [4.69, 9.17) is 46.4 Å². The number of nitrogens with one attached hydrogen (secondary N) is 3. The van der Waals surface area contributed by atoms with E-state index in [1.165, 1.54) is 29.5 Å². The molecule has 0 saturated heterocycles. The van der Waals surface area contributed by atoms with Gasteiger partial charge in [0.15, 0.2) is 0 Å². The molecular weight excluding hydrogens is 576 g/mol. The molecule has 13 heteroatoms. The van der Waals surface area contributed by atoms with Gasteiger partial charge in [0.05, 0.1) is 9.90 Å². The fraction of sp³-hybridized carbons (Fsp3) is 0.273. The zero-order valence-corrected chi connectivity index (χ0v) is 22.7. The molecule has 0 spiro atoms. The third-order valence-electron chi connectivity index (χ3n) is 4.85. The van der Waals surface area contributed by atoms with E-state index in [0.717, 1.165) is 10.1 Å². The lowest BCUT2D eigenvalue weighted by atomic mass is 10.2. The first-order valence-corrected chi connectivity index (χ1v) is 14.3. The lowest BCUT2D eigenvalue weighted by molar-refractivity contribution is -0.122. The summed E-state index contributed by atoms with van der Waals surface area (Å²) in [4.78, 5) is 24.4. The Balaban J connectivity index is 1.45. The fourth-order valence-corrected chi connectivity index (χ4v) is 6.26. The molecule has 1 atom stereocenters. The Kier molecular flexibility index (Phi) is 10.1. The summed E-state index contributed by atoms with van der Waals surface area (Å²) in [5.74, 6) is -0.990. The van der Waals surface area contributed by atoms with Crippen LogP contribution in [0.2, 0.25) is 10.0 Å². The minimum absolute atomic E-state index is 0.0257. The Labute approximate surface area is 227 Å². The van der Waals surface area contributed by atoms with Crippen molar-refractivity contribution in [2.24, 2.45) is 0 Å². The van der Waals surface area contributed by atoms with Crippen LogP contribution >= 0.6 is 57.7 Å². The van der Waals surface area contributed by atoms with Gasteiger partial charge in [-0.25, -0.2) is 13.1 Å². The van der Waals surface area contributed by atoms with Crippen LogP contribution in [0, 0.1) is 0 Å². The van der Waals surface area contributed by atoms with Crippen molar-refractivity contribution in [2.75, 3.05) is 13.1 Å². The van der Waals surface area contributed by atoms with Crippen molar-refractivity contribution in [3.63, 3.8) is 0 Å². The zero-order valence-electron chi connectivity index (χ0n) is 18.1. The van der Waals surface area contributed by atoms with E-state index in [1.54, 1.807) is 6.07 Å². The van der Waals surface area contributed by atoms with Crippen molar-refractivity contribution < 1.29 is 18.0 Å². The second-order valence-corrected chi connectivity index (χ2v) is 12.2. The van der Waals surface area contributed by atoms with E-state index in [9.17, 15) is 18.0 Å². The van der Waals surface area contributed by atoms with Gasteiger partial charge in [0, 0.05) is 22.8 Å². The molecule has 0 aliphatic heterocycles. The Hall–Kier alpha value is -1.59. The molecule has 0 radical (unpaired) electrons. The summed E-state index contributed by atoms with van der Waals surface area (Å²) in [6.07, 6.45) is 0.906. The molecule has 0 bridgehead atoms. The van der Waals surface area contributed by atoms with E-state index >= 15 is 0 Å². The third-order valence-corrected chi connectivity index (χ3v) is 8.65. The van der Waals surface area contributed by atoms with Gasteiger partial charge in [0.1, 0.15) is 15.8 Å². The van der Waals surface area contributed by atoms with E-state index in [2.05, 4.69) is 15.4 Å². The molecule has 1 unspecified atom stereocenters. The van der Waals surface area contributed by atoms with Crippen molar-refractivity contribution in [3.05, 3.63) is 63.5 Å². The minimum Gasteiger partial charge on any atom is -0.354 e. The summed E-state index contributed by atoms with van der Waals surface area (Å²) < 4.78 is 28.1. The van der Waals surface area contributed by atoms with Gasteiger partial charge in [0.2, 0.25) is 15.9 Å². The number of amides is 2. The highest BCUT2D eigenvalue weighted by molar-refractivity contribution is 7.89. The standard InChI is InChI=1S/C22H21Cl4N3O4S2/c23-14-7-8-18(15(24)12-14)35(32,33)28-10-4-3-9-27-22(31)19(20(25)26)29-21(30)17-11-13-5-1-2-6-16(13)34-17/h1-2,5-8,11-12,19-20,28H,3-4,9-10H2,(H,27,31)(H,29,30). The van der Waals surface area contributed by atoms with Gasteiger partial charge < -0.3 is 10.6 Å². The topological polar surface area (TPSA) is 104 Å². The van der Waals surface area contributed by atoms with E-state index in [-0.39, 0.29) is 23.0 Å². The molecule has 0 aliphatic rings. The van der Waals surface area contributed by atoms with E-state index in [1.807, 2.05) is 24.3 Å². The molecule has 3 aromatic rings. The van der Waals surface area contributed by atoms with Gasteiger partial charge in [0.25, 0.3) is 5.91 Å². The number of rotatable bonds is 11. The van der Waals surface area contributed by atoms with Gasteiger partial charge in [-0.15, -0.1) is 34.5 Å². The number of fused-ring (bicyclic) bond motifs is 1. The first-order chi connectivity index (χ1) is 16.6. The number of sulfonamides is 1. The predicted molar refractivity (Wildman–Crippen MR) is 142 cm³/mol. The number of hydrogen-bond acceptors (Lipinski definition) is 5. The summed E-state index contributed by atoms with van der Waals surface area (Å²) >= 11 is 24.9. The largest absolute Gasteiger partial charge is 0.354 e.